The van der Waals surface area contributed by atoms with Gasteiger partial charge in [0.15, 0.2) is 0 Å². The molecule has 0 fully saturated rings. The first-order valence-corrected chi connectivity index (χ1v) is 8.95. The van der Waals surface area contributed by atoms with Crippen LogP contribution in [-0.2, 0) is 0 Å². The highest BCUT2D eigenvalue weighted by Gasteiger charge is 2.28. The largest absolute Gasteiger partial charge is 0.401 e. The van der Waals surface area contributed by atoms with Crippen LogP contribution in [0, 0.1) is 5.82 Å². The third-order valence-corrected chi connectivity index (χ3v) is 4.89. The molecule has 1 aromatic rings. The Bertz CT molecular complexity index is 597. The molecular weight excluding hydrogens is 358 g/mol. The standard InChI is InChI=1S/C16H21F4N3OS/c1-23(10-16(18,19)20)7-2-6-21-15(24)22-13-5-8-25-14-4-3-11(17)9-12(13)14/h3-4,9,13H,2,5-8,10H2,1H3,(H2,21,22,24)/t13-/m0/s1. The fraction of sp³-hybridized carbons (Fsp3) is 0.562. The molecule has 0 aromatic heterocycles. The van der Waals surface area contributed by atoms with Gasteiger partial charge in [0, 0.05) is 17.2 Å². The molecule has 1 atom stereocenters. The Morgan fingerprint density at radius 2 is 2.16 bits per heavy atom. The summed E-state index contributed by atoms with van der Waals surface area (Å²) < 4.78 is 50.0. The lowest BCUT2D eigenvalue weighted by atomic mass is 10.0. The zero-order valence-corrected chi connectivity index (χ0v) is 14.6. The lowest BCUT2D eigenvalue weighted by Gasteiger charge is -2.26. The van der Waals surface area contributed by atoms with Crippen molar-refractivity contribution >= 4 is 17.8 Å². The van der Waals surface area contributed by atoms with E-state index < -0.39 is 18.8 Å². The first-order chi connectivity index (χ1) is 11.7. The predicted octanol–water partition coefficient (Wildman–Crippen LogP) is 3.55. The number of fused-ring (bicyclic) bond motifs is 1. The van der Waals surface area contributed by atoms with Crippen LogP contribution in [0.2, 0.25) is 0 Å². The van der Waals surface area contributed by atoms with E-state index in [-0.39, 0.29) is 24.9 Å². The van der Waals surface area contributed by atoms with Crippen LogP contribution in [-0.4, -0.2) is 49.5 Å². The van der Waals surface area contributed by atoms with Crippen LogP contribution in [0.1, 0.15) is 24.4 Å². The molecule has 0 unspecified atom stereocenters. The number of halogens is 4. The summed E-state index contributed by atoms with van der Waals surface area (Å²) in [5, 5.41) is 5.44. The second-order valence-electron chi connectivity index (χ2n) is 5.98. The van der Waals surface area contributed by atoms with Gasteiger partial charge in [-0.1, -0.05) is 0 Å². The molecule has 2 rings (SSSR count). The van der Waals surface area contributed by atoms with E-state index >= 15 is 0 Å². The molecule has 1 aliphatic rings. The number of carbonyl (C=O) groups excluding carboxylic acids is 1. The molecule has 0 radical (unpaired) electrons. The Morgan fingerprint density at radius 3 is 2.88 bits per heavy atom. The fourth-order valence-corrected chi connectivity index (χ4v) is 3.77. The van der Waals surface area contributed by atoms with E-state index in [4.69, 9.17) is 0 Å². The Kier molecular flexibility index (Phi) is 6.95. The molecule has 140 valence electrons. The van der Waals surface area contributed by atoms with Gasteiger partial charge < -0.3 is 10.6 Å². The zero-order chi connectivity index (χ0) is 18.4. The molecule has 0 bridgehead atoms. The van der Waals surface area contributed by atoms with Crippen LogP contribution in [0.5, 0.6) is 0 Å². The van der Waals surface area contributed by atoms with Gasteiger partial charge in [0.1, 0.15) is 5.82 Å². The molecule has 1 aliphatic heterocycles. The average Bonchev–Trinajstić information content (AvgIpc) is 2.50. The molecule has 25 heavy (non-hydrogen) atoms. The number of alkyl halides is 3. The highest BCUT2D eigenvalue weighted by atomic mass is 32.2. The van der Waals surface area contributed by atoms with Crippen molar-refractivity contribution in [1.29, 1.82) is 0 Å². The third-order valence-electron chi connectivity index (χ3n) is 3.77. The zero-order valence-electron chi connectivity index (χ0n) is 13.8. The summed E-state index contributed by atoms with van der Waals surface area (Å²) in [6, 6.07) is 3.87. The third kappa shape index (κ3) is 6.74. The van der Waals surface area contributed by atoms with Gasteiger partial charge in [0.2, 0.25) is 0 Å². The number of hydrogen-bond acceptors (Lipinski definition) is 3. The van der Waals surface area contributed by atoms with Crippen molar-refractivity contribution in [1.82, 2.24) is 15.5 Å². The van der Waals surface area contributed by atoms with Crippen LogP contribution in [0.3, 0.4) is 0 Å². The number of thioether (sulfide) groups is 1. The number of carbonyl (C=O) groups is 1. The van der Waals surface area contributed by atoms with E-state index in [9.17, 15) is 22.4 Å². The molecule has 4 nitrogen and oxygen atoms in total. The smallest absolute Gasteiger partial charge is 0.338 e. The summed E-state index contributed by atoms with van der Waals surface area (Å²) in [6.45, 7) is -0.472. The van der Waals surface area contributed by atoms with Crippen LogP contribution in [0.15, 0.2) is 23.1 Å². The van der Waals surface area contributed by atoms with Crippen molar-refractivity contribution in [3.8, 4) is 0 Å². The maximum atomic E-state index is 13.4. The normalized spacial score (nSPS) is 17.3. The van der Waals surface area contributed by atoms with Gasteiger partial charge in [0.25, 0.3) is 0 Å². The summed E-state index contributed by atoms with van der Waals surface area (Å²) in [4.78, 5) is 14.1. The van der Waals surface area contributed by atoms with Crippen LogP contribution in [0.25, 0.3) is 0 Å². The number of hydrogen-bond donors (Lipinski definition) is 2. The average molecular weight is 379 g/mol. The molecule has 0 spiro atoms. The molecule has 0 aliphatic carbocycles. The van der Waals surface area contributed by atoms with E-state index in [1.54, 1.807) is 17.8 Å². The van der Waals surface area contributed by atoms with Crippen molar-refractivity contribution in [2.24, 2.45) is 0 Å². The van der Waals surface area contributed by atoms with E-state index in [1.807, 2.05) is 0 Å². The van der Waals surface area contributed by atoms with Gasteiger partial charge in [-0.2, -0.15) is 13.2 Å². The number of amides is 2. The topological polar surface area (TPSA) is 44.4 Å². The first kappa shape index (κ1) is 19.8. The lowest BCUT2D eigenvalue weighted by molar-refractivity contribution is -0.143. The summed E-state index contributed by atoms with van der Waals surface area (Å²) in [6.07, 6.45) is -3.12. The minimum Gasteiger partial charge on any atom is -0.338 e. The lowest BCUT2D eigenvalue weighted by Crippen LogP contribution is -2.40. The van der Waals surface area contributed by atoms with Gasteiger partial charge in [-0.15, -0.1) is 11.8 Å². The highest BCUT2D eigenvalue weighted by molar-refractivity contribution is 7.99. The Morgan fingerprint density at radius 1 is 1.40 bits per heavy atom. The summed E-state index contributed by atoms with van der Waals surface area (Å²) in [5.74, 6) is 0.479. The van der Waals surface area contributed by atoms with Gasteiger partial charge in [-0.3, -0.25) is 4.90 Å². The number of urea groups is 1. The molecule has 1 aromatic carbocycles. The highest BCUT2D eigenvalue weighted by Crippen LogP contribution is 2.36. The van der Waals surface area contributed by atoms with Gasteiger partial charge >= 0.3 is 12.2 Å². The number of rotatable bonds is 6. The van der Waals surface area contributed by atoms with Crippen LogP contribution >= 0.6 is 11.8 Å². The van der Waals surface area contributed by atoms with E-state index in [1.165, 1.54) is 19.2 Å². The number of benzene rings is 1. The molecule has 2 amide bonds. The number of nitrogens with zero attached hydrogens (tertiary/aromatic N) is 1. The van der Waals surface area contributed by atoms with Gasteiger partial charge in [0.05, 0.1) is 12.6 Å². The van der Waals surface area contributed by atoms with E-state index in [0.717, 1.165) is 21.1 Å². The van der Waals surface area contributed by atoms with Crippen molar-refractivity contribution in [3.05, 3.63) is 29.6 Å². The second-order valence-corrected chi connectivity index (χ2v) is 7.12. The van der Waals surface area contributed by atoms with Crippen molar-refractivity contribution in [2.45, 2.75) is 30.0 Å². The van der Waals surface area contributed by atoms with E-state index in [0.29, 0.717) is 12.8 Å². The minimum absolute atomic E-state index is 0.230. The predicted molar refractivity (Wildman–Crippen MR) is 89.2 cm³/mol. The first-order valence-electron chi connectivity index (χ1n) is 7.96. The second kappa shape index (κ2) is 8.75. The van der Waals surface area contributed by atoms with Crippen molar-refractivity contribution < 1.29 is 22.4 Å². The monoisotopic (exact) mass is 379 g/mol. The number of nitrogens with one attached hydrogen (secondary N) is 2. The van der Waals surface area contributed by atoms with Crippen LogP contribution in [0.4, 0.5) is 22.4 Å². The summed E-state index contributed by atoms with van der Waals surface area (Å²) in [7, 11) is 1.39. The fourth-order valence-electron chi connectivity index (χ4n) is 2.66. The van der Waals surface area contributed by atoms with Crippen molar-refractivity contribution in [2.75, 3.05) is 32.4 Å². The SMILES string of the molecule is CN(CCCNC(=O)N[C@H]1CCSc2ccc(F)cc21)CC(F)(F)F. The molecule has 9 heteroatoms. The van der Waals surface area contributed by atoms with Crippen LogP contribution < -0.4 is 10.6 Å². The van der Waals surface area contributed by atoms with Crippen molar-refractivity contribution in [3.63, 3.8) is 0 Å². The molecule has 0 saturated carbocycles. The Labute approximate surface area is 148 Å². The minimum atomic E-state index is -4.22. The molecular formula is C16H21F4N3OS. The van der Waals surface area contributed by atoms with Gasteiger partial charge in [-0.25, -0.2) is 9.18 Å². The quantitative estimate of drug-likeness (QED) is 0.587. The Balaban J connectivity index is 1.74. The van der Waals surface area contributed by atoms with Gasteiger partial charge in [-0.05, 0) is 50.2 Å². The Hall–Kier alpha value is -1.48. The molecule has 0 saturated heterocycles. The molecule has 2 N–H and O–H groups in total. The summed E-state index contributed by atoms with van der Waals surface area (Å²) >= 11 is 1.62. The maximum absolute atomic E-state index is 13.4. The van der Waals surface area contributed by atoms with E-state index in [2.05, 4.69) is 10.6 Å². The molecule has 1 heterocycles. The summed E-state index contributed by atoms with van der Waals surface area (Å²) in [5.41, 5.74) is 0.760. The maximum Gasteiger partial charge on any atom is 0.401 e.